The van der Waals surface area contributed by atoms with E-state index in [0.29, 0.717) is 19.4 Å². The Morgan fingerprint density at radius 2 is 1.71 bits per heavy atom. The maximum absolute atomic E-state index is 13.2. The van der Waals surface area contributed by atoms with Crippen LogP contribution < -0.4 is 5.32 Å². The van der Waals surface area contributed by atoms with E-state index in [9.17, 15) is 19.5 Å². The van der Waals surface area contributed by atoms with Crippen LogP contribution in [-0.4, -0.2) is 46.7 Å². The molecule has 35 heavy (non-hydrogen) atoms. The second-order valence-corrected chi connectivity index (χ2v) is 9.11. The molecule has 3 aromatic rings. The molecule has 8 heteroatoms. The van der Waals surface area contributed by atoms with Crippen molar-refractivity contribution in [2.45, 2.75) is 37.6 Å². The third-order valence-electron chi connectivity index (χ3n) is 7.04. The van der Waals surface area contributed by atoms with Crippen LogP contribution in [0.15, 0.2) is 65.3 Å². The number of ether oxygens (including phenoxy) is 1. The van der Waals surface area contributed by atoms with E-state index in [1.165, 1.54) is 24.2 Å². The molecule has 1 saturated heterocycles. The van der Waals surface area contributed by atoms with Gasteiger partial charge in [0, 0.05) is 18.5 Å². The van der Waals surface area contributed by atoms with Gasteiger partial charge in [0.2, 0.25) is 5.76 Å². The lowest BCUT2D eigenvalue weighted by Gasteiger charge is -2.41. The summed E-state index contributed by atoms with van der Waals surface area (Å²) in [5, 5.41) is 12.3. The number of nitrogens with zero attached hydrogens (tertiary/aromatic N) is 1. The number of benzene rings is 2. The average Bonchev–Trinajstić information content (AvgIpc) is 3.45. The molecule has 2 amide bonds. The van der Waals surface area contributed by atoms with Crippen LogP contribution in [0.25, 0.3) is 11.1 Å². The Balaban J connectivity index is 1.29. The van der Waals surface area contributed by atoms with Gasteiger partial charge >= 0.3 is 12.1 Å². The van der Waals surface area contributed by atoms with E-state index in [1.54, 1.807) is 0 Å². The molecule has 0 saturated carbocycles. The number of rotatable bonds is 5. The maximum Gasteiger partial charge on any atom is 0.411 e. The third-order valence-corrected chi connectivity index (χ3v) is 7.04. The average molecular weight is 475 g/mol. The molecule has 1 aromatic heterocycles. The van der Waals surface area contributed by atoms with Crippen molar-refractivity contribution in [3.8, 4) is 11.1 Å². The number of aliphatic carboxylic acids is 1. The summed E-state index contributed by atoms with van der Waals surface area (Å²) < 4.78 is 10.9. The highest BCUT2D eigenvalue weighted by atomic mass is 16.5. The van der Waals surface area contributed by atoms with Crippen molar-refractivity contribution >= 4 is 23.7 Å². The van der Waals surface area contributed by atoms with Crippen LogP contribution in [0.5, 0.6) is 0 Å². The highest BCUT2D eigenvalue weighted by Crippen LogP contribution is 2.44. The zero-order chi connectivity index (χ0) is 24.6. The van der Waals surface area contributed by atoms with Gasteiger partial charge in [0.1, 0.15) is 12.1 Å². The summed E-state index contributed by atoms with van der Waals surface area (Å²) in [6, 6.07) is 17.5. The Morgan fingerprint density at radius 1 is 1.06 bits per heavy atom. The fraction of sp³-hybridized carbons (Fsp3) is 0.296. The van der Waals surface area contributed by atoms with Crippen LogP contribution in [0.1, 0.15) is 53.8 Å². The molecular weight excluding hydrogens is 448 g/mol. The van der Waals surface area contributed by atoms with Crippen molar-refractivity contribution in [1.29, 1.82) is 0 Å². The molecule has 2 N–H and O–H groups in total. The van der Waals surface area contributed by atoms with E-state index in [4.69, 9.17) is 9.15 Å². The second kappa shape index (κ2) is 8.94. The third kappa shape index (κ3) is 3.95. The molecule has 5 rings (SSSR count). The number of anilines is 1. The van der Waals surface area contributed by atoms with E-state index < -0.39 is 23.5 Å². The number of carbonyl (C=O) groups excluding carboxylic acids is 2. The van der Waals surface area contributed by atoms with Gasteiger partial charge in [-0.1, -0.05) is 48.5 Å². The summed E-state index contributed by atoms with van der Waals surface area (Å²) in [4.78, 5) is 39.1. The highest BCUT2D eigenvalue weighted by molar-refractivity contribution is 6.02. The number of furan rings is 1. The van der Waals surface area contributed by atoms with Gasteiger partial charge in [0.15, 0.2) is 0 Å². The number of amides is 2. The van der Waals surface area contributed by atoms with Gasteiger partial charge in [-0.15, -0.1) is 0 Å². The Labute approximate surface area is 202 Å². The summed E-state index contributed by atoms with van der Waals surface area (Å²) in [6.07, 6.45) is 2.33. The number of carboxylic acid groups (broad SMARTS) is 1. The first-order valence-corrected chi connectivity index (χ1v) is 11.6. The summed E-state index contributed by atoms with van der Waals surface area (Å²) >= 11 is 0. The predicted molar refractivity (Wildman–Crippen MR) is 128 cm³/mol. The Hall–Kier alpha value is -4.07. The van der Waals surface area contributed by atoms with Gasteiger partial charge < -0.3 is 19.2 Å². The predicted octanol–water partition coefficient (Wildman–Crippen LogP) is 5.11. The monoisotopic (exact) mass is 474 g/mol. The molecule has 1 fully saturated rings. The number of hydrogen-bond acceptors (Lipinski definition) is 5. The largest absolute Gasteiger partial charge is 0.480 e. The lowest BCUT2D eigenvalue weighted by atomic mass is 9.88. The summed E-state index contributed by atoms with van der Waals surface area (Å²) in [6.45, 7) is 1.96. The number of hydrogen-bond donors (Lipinski definition) is 2. The Kier molecular flexibility index (Phi) is 5.80. The lowest BCUT2D eigenvalue weighted by molar-refractivity contribution is -0.150. The molecular formula is C27H26N2O6. The number of carboxylic acids is 1. The van der Waals surface area contributed by atoms with Gasteiger partial charge in [-0.05, 0) is 48.4 Å². The van der Waals surface area contributed by atoms with Crippen LogP contribution >= 0.6 is 0 Å². The first-order chi connectivity index (χ1) is 16.9. The molecule has 1 aliphatic heterocycles. The topological polar surface area (TPSA) is 109 Å². The fourth-order valence-corrected chi connectivity index (χ4v) is 5.11. The minimum absolute atomic E-state index is 0.0942. The standard InChI is InChI=1S/C27H26N2O6/c1-27(25(31)32)13-6-7-14-29(27)24(30)23-22(12-15-34-23)28-26(33)35-16-21-19-10-4-2-8-17(19)18-9-3-5-11-20(18)21/h2-5,8-12,15,21H,6-7,13-14,16H2,1H3,(H,28,33)(H,31,32). The molecule has 0 spiro atoms. The summed E-state index contributed by atoms with van der Waals surface area (Å²) in [7, 11) is 0. The van der Waals surface area contributed by atoms with Gasteiger partial charge in [-0.3, -0.25) is 10.1 Å². The molecule has 0 bridgehead atoms. The van der Waals surface area contributed by atoms with Crippen LogP contribution in [0, 0.1) is 0 Å². The number of fused-ring (bicyclic) bond motifs is 3. The van der Waals surface area contributed by atoms with Crippen molar-refractivity contribution in [2.75, 3.05) is 18.5 Å². The van der Waals surface area contributed by atoms with Crippen molar-refractivity contribution < 1.29 is 28.6 Å². The Morgan fingerprint density at radius 3 is 2.37 bits per heavy atom. The molecule has 8 nitrogen and oxygen atoms in total. The van der Waals surface area contributed by atoms with Crippen molar-refractivity contribution in [2.24, 2.45) is 0 Å². The molecule has 2 aliphatic rings. The van der Waals surface area contributed by atoms with E-state index in [-0.39, 0.29) is 24.0 Å². The molecule has 1 atom stereocenters. The molecule has 2 heterocycles. The van der Waals surface area contributed by atoms with Crippen LogP contribution in [0.2, 0.25) is 0 Å². The van der Waals surface area contributed by atoms with Gasteiger partial charge in [0.05, 0.1) is 12.0 Å². The van der Waals surface area contributed by atoms with E-state index in [1.807, 2.05) is 36.4 Å². The number of nitrogens with one attached hydrogen (secondary N) is 1. The minimum atomic E-state index is -1.33. The first-order valence-electron chi connectivity index (χ1n) is 11.6. The fourth-order valence-electron chi connectivity index (χ4n) is 5.11. The zero-order valence-electron chi connectivity index (χ0n) is 19.3. The van der Waals surface area contributed by atoms with E-state index in [2.05, 4.69) is 17.4 Å². The molecule has 180 valence electrons. The normalized spacial score (nSPS) is 19.1. The summed E-state index contributed by atoms with van der Waals surface area (Å²) in [5.41, 5.74) is 3.26. The maximum atomic E-state index is 13.2. The van der Waals surface area contributed by atoms with Crippen molar-refractivity contribution in [3.05, 3.63) is 77.7 Å². The van der Waals surface area contributed by atoms with Gasteiger partial charge in [0.25, 0.3) is 5.91 Å². The molecule has 1 aliphatic carbocycles. The van der Waals surface area contributed by atoms with Crippen molar-refractivity contribution in [1.82, 2.24) is 4.90 Å². The SMILES string of the molecule is CC1(C(=O)O)CCCCN1C(=O)c1occc1NC(=O)OCC1c2ccccc2-c2ccccc21. The first kappa shape index (κ1) is 22.7. The van der Waals surface area contributed by atoms with E-state index >= 15 is 0 Å². The zero-order valence-corrected chi connectivity index (χ0v) is 19.3. The number of piperidine rings is 1. The Bertz CT molecular complexity index is 1250. The van der Waals surface area contributed by atoms with Crippen LogP contribution in [0.3, 0.4) is 0 Å². The van der Waals surface area contributed by atoms with Crippen LogP contribution in [-0.2, 0) is 9.53 Å². The second-order valence-electron chi connectivity index (χ2n) is 9.11. The van der Waals surface area contributed by atoms with E-state index in [0.717, 1.165) is 28.7 Å². The smallest absolute Gasteiger partial charge is 0.411 e. The van der Waals surface area contributed by atoms with Gasteiger partial charge in [-0.2, -0.15) is 0 Å². The van der Waals surface area contributed by atoms with Gasteiger partial charge in [-0.25, -0.2) is 9.59 Å². The summed E-state index contributed by atoms with van der Waals surface area (Å²) in [5.74, 6) is -1.85. The van der Waals surface area contributed by atoms with Crippen molar-refractivity contribution in [3.63, 3.8) is 0 Å². The number of likely N-dealkylation sites (tertiary alicyclic amines) is 1. The minimum Gasteiger partial charge on any atom is -0.480 e. The number of carbonyl (C=O) groups is 3. The molecule has 1 unspecified atom stereocenters. The molecule has 2 aromatic carbocycles. The highest BCUT2D eigenvalue weighted by Gasteiger charge is 2.45. The molecule has 0 radical (unpaired) electrons. The lowest BCUT2D eigenvalue weighted by Crippen LogP contribution is -2.57. The van der Waals surface area contributed by atoms with Crippen LogP contribution in [0.4, 0.5) is 10.5 Å². The quantitative estimate of drug-likeness (QED) is 0.532.